The van der Waals surface area contributed by atoms with Crippen LogP contribution in [0.2, 0.25) is 0 Å². The summed E-state index contributed by atoms with van der Waals surface area (Å²) in [6.07, 6.45) is 19.3. The molecule has 0 aliphatic heterocycles. The highest BCUT2D eigenvalue weighted by atomic mass is 19.1. The summed E-state index contributed by atoms with van der Waals surface area (Å²) in [6, 6.07) is 4.33. The van der Waals surface area contributed by atoms with Gasteiger partial charge in [-0.05, 0) is 112 Å². The molecule has 2 fully saturated rings. The van der Waals surface area contributed by atoms with E-state index in [9.17, 15) is 13.2 Å². The molecule has 0 N–H and O–H groups in total. The molecule has 0 bridgehead atoms. The van der Waals surface area contributed by atoms with Gasteiger partial charge in [0.25, 0.3) is 0 Å². The Balaban J connectivity index is 1.35. The Labute approximate surface area is 185 Å². The first-order valence-corrected chi connectivity index (χ1v) is 12.2. The number of hydrogen-bond donors (Lipinski definition) is 0. The molecule has 1 nitrogen and oxygen atoms in total. The zero-order valence-corrected chi connectivity index (χ0v) is 18.6. The fourth-order valence-corrected chi connectivity index (χ4v) is 5.51. The van der Waals surface area contributed by atoms with Crippen molar-refractivity contribution in [3.63, 3.8) is 0 Å². The van der Waals surface area contributed by atoms with E-state index in [1.807, 2.05) is 0 Å². The number of unbranched alkanes of at least 4 members (excludes halogenated alkanes) is 2. The maximum Gasteiger partial charge on any atom is 0.144 e. The Bertz CT molecular complexity index is 727. The summed E-state index contributed by atoms with van der Waals surface area (Å²) in [7, 11) is 0. The van der Waals surface area contributed by atoms with E-state index in [1.165, 1.54) is 50.7 Å². The minimum Gasteiger partial charge on any atom is -0.251 e. The van der Waals surface area contributed by atoms with E-state index in [-0.39, 0.29) is 12.6 Å². The standard InChI is InChI=1S/C27H36F3N/c28-16-4-2-1-3-5-20-6-8-21(9-7-20)10-11-22-12-14-23(15-13-22)24-17-26(29)25(19-31)27(30)18-24/h3,5,17-18,20-23H,1-2,4,6-16H2/b5-3+/t20-,21-,22?,23?. The van der Waals surface area contributed by atoms with E-state index in [0.717, 1.165) is 50.4 Å². The van der Waals surface area contributed by atoms with E-state index in [4.69, 9.17) is 5.26 Å². The molecule has 4 heteroatoms. The van der Waals surface area contributed by atoms with Crippen LogP contribution in [0, 0.1) is 40.7 Å². The summed E-state index contributed by atoms with van der Waals surface area (Å²) < 4.78 is 40.0. The normalized spacial score (nSPS) is 26.8. The van der Waals surface area contributed by atoms with E-state index in [0.29, 0.717) is 17.9 Å². The van der Waals surface area contributed by atoms with E-state index >= 15 is 0 Å². The highest BCUT2D eigenvalue weighted by molar-refractivity contribution is 5.36. The first-order chi connectivity index (χ1) is 15.1. The van der Waals surface area contributed by atoms with Gasteiger partial charge in [-0.1, -0.05) is 25.0 Å². The van der Waals surface area contributed by atoms with E-state index in [1.54, 1.807) is 6.07 Å². The average molecular weight is 432 g/mol. The number of allylic oxidation sites excluding steroid dienone is 2. The molecule has 1 aromatic rings. The zero-order valence-electron chi connectivity index (χ0n) is 18.6. The molecule has 3 rings (SSSR count). The molecule has 1 aromatic carbocycles. The van der Waals surface area contributed by atoms with Crippen molar-refractivity contribution < 1.29 is 13.2 Å². The molecule has 0 aromatic heterocycles. The van der Waals surface area contributed by atoms with Crippen LogP contribution in [0.5, 0.6) is 0 Å². The SMILES string of the molecule is N#Cc1c(F)cc(C2CCC(CC[C@H]3CC[C@H](/C=C/CCCCF)CC3)CC2)cc1F. The molecular formula is C27H36F3N. The van der Waals surface area contributed by atoms with Crippen molar-refractivity contribution in [1.29, 1.82) is 5.26 Å². The maximum absolute atomic E-state index is 13.9. The summed E-state index contributed by atoms with van der Waals surface area (Å²) in [4.78, 5) is 0. The molecule has 31 heavy (non-hydrogen) atoms. The smallest absolute Gasteiger partial charge is 0.144 e. The topological polar surface area (TPSA) is 23.8 Å². The van der Waals surface area contributed by atoms with Crippen LogP contribution in [0.4, 0.5) is 13.2 Å². The van der Waals surface area contributed by atoms with Gasteiger partial charge in [-0.2, -0.15) is 5.26 Å². The summed E-state index contributed by atoms with van der Waals surface area (Å²) in [5, 5.41) is 8.84. The Morgan fingerprint density at radius 1 is 0.871 bits per heavy atom. The maximum atomic E-state index is 13.9. The molecule has 2 saturated carbocycles. The van der Waals surface area contributed by atoms with Gasteiger partial charge < -0.3 is 0 Å². The number of alkyl halides is 1. The molecule has 2 aliphatic rings. The van der Waals surface area contributed by atoms with Gasteiger partial charge in [0.2, 0.25) is 0 Å². The second-order valence-corrected chi connectivity index (χ2v) is 9.66. The summed E-state index contributed by atoms with van der Waals surface area (Å²) in [5.41, 5.74) is 0.239. The van der Waals surface area contributed by atoms with Crippen LogP contribution in [-0.4, -0.2) is 6.67 Å². The lowest BCUT2D eigenvalue weighted by Gasteiger charge is -2.31. The molecule has 170 valence electrons. The highest BCUT2D eigenvalue weighted by Crippen LogP contribution is 2.40. The quantitative estimate of drug-likeness (QED) is 0.284. The summed E-state index contributed by atoms with van der Waals surface area (Å²) in [6.45, 7) is -0.201. The fourth-order valence-electron chi connectivity index (χ4n) is 5.51. The van der Waals surface area contributed by atoms with Crippen molar-refractivity contribution in [2.24, 2.45) is 17.8 Å². The van der Waals surface area contributed by atoms with Crippen LogP contribution in [-0.2, 0) is 0 Å². The monoisotopic (exact) mass is 431 g/mol. The van der Waals surface area contributed by atoms with Crippen molar-refractivity contribution in [2.45, 2.75) is 89.4 Å². The van der Waals surface area contributed by atoms with Gasteiger partial charge in [0.1, 0.15) is 23.3 Å². The molecule has 0 saturated heterocycles. The predicted molar refractivity (Wildman–Crippen MR) is 119 cm³/mol. The lowest BCUT2D eigenvalue weighted by atomic mass is 9.74. The molecule has 0 unspecified atom stereocenters. The van der Waals surface area contributed by atoms with Crippen molar-refractivity contribution in [3.8, 4) is 6.07 Å². The first-order valence-electron chi connectivity index (χ1n) is 12.2. The van der Waals surface area contributed by atoms with Crippen LogP contribution >= 0.6 is 0 Å². The minimum atomic E-state index is -0.732. The predicted octanol–water partition coefficient (Wildman–Crippen LogP) is 8.39. The number of halogens is 3. The van der Waals surface area contributed by atoms with Crippen LogP contribution < -0.4 is 0 Å². The van der Waals surface area contributed by atoms with Crippen molar-refractivity contribution in [3.05, 3.63) is 47.0 Å². The van der Waals surface area contributed by atoms with Gasteiger partial charge in [0.05, 0.1) is 6.67 Å². The third-order valence-corrected chi connectivity index (χ3v) is 7.53. The van der Waals surface area contributed by atoms with E-state index < -0.39 is 17.2 Å². The first kappa shape index (κ1) is 23.9. The summed E-state index contributed by atoms with van der Waals surface area (Å²) >= 11 is 0. The fraction of sp³-hybridized carbons (Fsp3) is 0.667. The van der Waals surface area contributed by atoms with Crippen LogP contribution in [0.3, 0.4) is 0 Å². The number of hydrogen-bond acceptors (Lipinski definition) is 1. The van der Waals surface area contributed by atoms with Crippen molar-refractivity contribution in [1.82, 2.24) is 0 Å². The van der Waals surface area contributed by atoms with Crippen molar-refractivity contribution >= 4 is 0 Å². The zero-order chi connectivity index (χ0) is 22.1. The van der Waals surface area contributed by atoms with Crippen LogP contribution in [0.1, 0.15) is 101 Å². The molecular weight excluding hydrogens is 395 g/mol. The van der Waals surface area contributed by atoms with Crippen LogP contribution in [0.25, 0.3) is 0 Å². The lowest BCUT2D eigenvalue weighted by Crippen LogP contribution is -2.17. The Hall–Kier alpha value is -1.76. The van der Waals surface area contributed by atoms with Gasteiger partial charge >= 0.3 is 0 Å². The third-order valence-electron chi connectivity index (χ3n) is 7.53. The number of benzene rings is 1. The van der Waals surface area contributed by atoms with Crippen LogP contribution in [0.15, 0.2) is 24.3 Å². The largest absolute Gasteiger partial charge is 0.251 e. The molecule has 2 aliphatic carbocycles. The second kappa shape index (κ2) is 12.3. The molecule has 0 amide bonds. The van der Waals surface area contributed by atoms with Gasteiger partial charge in [0.15, 0.2) is 0 Å². The number of rotatable bonds is 9. The van der Waals surface area contributed by atoms with Gasteiger partial charge in [0, 0.05) is 0 Å². The number of nitrogens with zero attached hydrogens (tertiary/aromatic N) is 1. The molecule has 0 radical (unpaired) electrons. The molecule has 0 atom stereocenters. The summed E-state index contributed by atoms with van der Waals surface area (Å²) in [5.74, 6) is 1.04. The Kier molecular flexibility index (Phi) is 9.50. The van der Waals surface area contributed by atoms with Crippen molar-refractivity contribution in [2.75, 3.05) is 6.67 Å². The Morgan fingerprint density at radius 2 is 1.45 bits per heavy atom. The average Bonchev–Trinajstić information content (AvgIpc) is 2.78. The third kappa shape index (κ3) is 7.13. The Morgan fingerprint density at radius 3 is 2.00 bits per heavy atom. The van der Waals surface area contributed by atoms with Gasteiger partial charge in [-0.25, -0.2) is 8.78 Å². The molecule has 0 heterocycles. The minimum absolute atomic E-state index is 0.201. The number of nitriles is 1. The second-order valence-electron chi connectivity index (χ2n) is 9.66. The molecule has 0 spiro atoms. The van der Waals surface area contributed by atoms with Gasteiger partial charge in [-0.3, -0.25) is 4.39 Å². The van der Waals surface area contributed by atoms with Gasteiger partial charge in [-0.15, -0.1) is 0 Å². The highest BCUT2D eigenvalue weighted by Gasteiger charge is 2.26. The lowest BCUT2D eigenvalue weighted by molar-refractivity contribution is 0.246. The van der Waals surface area contributed by atoms with E-state index in [2.05, 4.69) is 12.2 Å².